The number of hydrogen-bond acceptors (Lipinski definition) is 6. The van der Waals surface area contributed by atoms with Crippen molar-refractivity contribution >= 4 is 27.8 Å². The molecule has 0 saturated carbocycles. The van der Waals surface area contributed by atoms with E-state index in [-0.39, 0.29) is 9.90 Å². The van der Waals surface area contributed by atoms with Crippen LogP contribution >= 0.6 is 9.90 Å². The van der Waals surface area contributed by atoms with Crippen molar-refractivity contribution in [2.45, 2.75) is 20.8 Å². The van der Waals surface area contributed by atoms with Gasteiger partial charge in [-0.25, -0.2) is 0 Å². The first-order valence-corrected chi connectivity index (χ1v) is 2.72. The summed E-state index contributed by atoms with van der Waals surface area (Å²) in [5.41, 5.74) is 0. The van der Waals surface area contributed by atoms with Crippen molar-refractivity contribution in [1.82, 2.24) is 0 Å². The second-order valence-corrected chi connectivity index (χ2v) is 1.47. The molecule has 0 bridgehead atoms. The van der Waals surface area contributed by atoms with E-state index in [1.807, 2.05) is 0 Å². The molecule has 0 heterocycles. The van der Waals surface area contributed by atoms with E-state index in [4.69, 9.17) is 29.7 Å². The summed E-state index contributed by atoms with van der Waals surface area (Å²) in [5.74, 6) is -3.25. The van der Waals surface area contributed by atoms with Gasteiger partial charge in [0, 0.05) is 17.9 Å². The molecule has 0 atom stereocenters. The Balaban J connectivity index is -0.0000000450. The van der Waals surface area contributed by atoms with E-state index in [1.165, 1.54) is 0 Å². The zero-order valence-corrected chi connectivity index (χ0v) is 8.29. The molecule has 0 amide bonds. The molecule has 0 saturated heterocycles. The van der Waals surface area contributed by atoms with Crippen molar-refractivity contribution in [1.29, 1.82) is 0 Å². The molecule has 6 nitrogen and oxygen atoms in total. The fourth-order valence-corrected chi connectivity index (χ4v) is 0. The van der Waals surface area contributed by atoms with Crippen LogP contribution in [0.25, 0.3) is 0 Å². The summed E-state index contributed by atoms with van der Waals surface area (Å²) in [4.78, 5) is 26.7. The Hall–Kier alpha value is -1.16. The zero-order valence-electron chi connectivity index (χ0n) is 7.40. The molecule has 0 aromatic carbocycles. The Morgan fingerprint density at radius 2 is 0.692 bits per heavy atom. The van der Waals surface area contributed by atoms with Gasteiger partial charge in [-0.1, -0.05) is 0 Å². The van der Waals surface area contributed by atoms with E-state index in [9.17, 15) is 0 Å². The van der Waals surface area contributed by atoms with Crippen molar-refractivity contribution in [3.8, 4) is 0 Å². The van der Waals surface area contributed by atoms with Gasteiger partial charge in [0.25, 0.3) is 0 Å². The predicted molar refractivity (Wildman–Crippen MR) is 39.0 cm³/mol. The maximum atomic E-state index is 8.89. The van der Waals surface area contributed by atoms with Crippen LogP contribution < -0.4 is 15.3 Å². The largest absolute Gasteiger partial charge is 3.00 e. The zero-order chi connectivity index (χ0) is 10.7. The van der Waals surface area contributed by atoms with E-state index in [1.54, 1.807) is 0 Å². The number of carbonyl (C=O) groups excluding carboxylic acids is 3. The van der Waals surface area contributed by atoms with Crippen molar-refractivity contribution in [3.05, 3.63) is 0 Å². The first-order valence-electron chi connectivity index (χ1n) is 2.72. The maximum absolute atomic E-state index is 8.89. The first-order chi connectivity index (χ1) is 5.20. The van der Waals surface area contributed by atoms with Crippen LogP contribution in [0.3, 0.4) is 0 Å². The minimum absolute atomic E-state index is 0. The van der Waals surface area contributed by atoms with Crippen LogP contribution in [0.5, 0.6) is 0 Å². The van der Waals surface area contributed by atoms with E-state index >= 15 is 0 Å². The fraction of sp³-hybridized carbons (Fsp3) is 0.500. The third kappa shape index (κ3) is 630. The molecule has 0 rings (SSSR count). The summed E-state index contributed by atoms with van der Waals surface area (Å²) >= 11 is 0. The standard InChI is InChI=1S/3C2H4O2.P/c3*1-2(3)4;/h3*1H3,(H,3,4);/q;;;+3/p-3. The second-order valence-electron chi connectivity index (χ2n) is 1.47. The Kier molecular flexibility index (Phi) is 29.7. The molecule has 0 fully saturated rings. The monoisotopic (exact) mass is 208 g/mol. The van der Waals surface area contributed by atoms with E-state index in [0.717, 1.165) is 20.8 Å². The van der Waals surface area contributed by atoms with Gasteiger partial charge in [0.1, 0.15) is 0 Å². The second kappa shape index (κ2) is 17.1. The number of rotatable bonds is 0. The molecule has 0 aromatic rings. The molecule has 0 aliphatic rings. The van der Waals surface area contributed by atoms with Crippen LogP contribution in [0.4, 0.5) is 0 Å². The van der Waals surface area contributed by atoms with E-state index in [0.29, 0.717) is 0 Å². The van der Waals surface area contributed by atoms with E-state index in [2.05, 4.69) is 0 Å². The molecule has 7 heteroatoms. The number of carboxylic acid groups (broad SMARTS) is 3. The SMILES string of the molecule is CC(=O)[O-].CC(=O)[O-].CC(=O)[O-].[P+3]. The number of carboxylic acids is 3. The average molecular weight is 208 g/mol. The molecular formula is C6H9O6P. The normalized spacial score (nSPS) is 5.77. The Morgan fingerprint density at radius 3 is 0.692 bits per heavy atom. The van der Waals surface area contributed by atoms with E-state index < -0.39 is 17.9 Å². The molecule has 0 aliphatic carbocycles. The smallest absolute Gasteiger partial charge is 0.550 e. The summed E-state index contributed by atoms with van der Waals surface area (Å²) in [6.07, 6.45) is 0. The number of aliphatic carboxylic acids is 3. The van der Waals surface area contributed by atoms with Gasteiger partial charge in [-0.05, 0) is 20.8 Å². The molecule has 0 N–H and O–H groups in total. The topological polar surface area (TPSA) is 120 Å². The van der Waals surface area contributed by atoms with Crippen LogP contribution in [0.2, 0.25) is 0 Å². The molecule has 0 unspecified atom stereocenters. The molecule has 2 radical (unpaired) electrons. The predicted octanol–water partition coefficient (Wildman–Crippen LogP) is -2.87. The van der Waals surface area contributed by atoms with Crippen LogP contribution in [0.1, 0.15) is 20.8 Å². The number of carbonyl (C=O) groups is 3. The fourth-order valence-electron chi connectivity index (χ4n) is 0. The molecule has 0 aromatic heterocycles. The van der Waals surface area contributed by atoms with Crippen LogP contribution in [0.15, 0.2) is 0 Å². The Labute approximate surface area is 79.2 Å². The first kappa shape index (κ1) is 22.6. The van der Waals surface area contributed by atoms with Gasteiger partial charge >= 0.3 is 9.90 Å². The molecular weight excluding hydrogens is 199 g/mol. The summed E-state index contributed by atoms with van der Waals surface area (Å²) in [5, 5.41) is 26.7. The van der Waals surface area contributed by atoms with Crippen LogP contribution in [0, 0.1) is 0 Å². The quantitative estimate of drug-likeness (QED) is 0.394. The minimum atomic E-state index is -1.08. The van der Waals surface area contributed by atoms with Gasteiger partial charge < -0.3 is 29.7 Å². The number of hydrogen-bond donors (Lipinski definition) is 0. The van der Waals surface area contributed by atoms with Gasteiger partial charge in [-0.3, -0.25) is 0 Å². The molecule has 74 valence electrons. The summed E-state index contributed by atoms with van der Waals surface area (Å²) in [6, 6.07) is 0. The minimum Gasteiger partial charge on any atom is -0.550 e. The van der Waals surface area contributed by atoms with Gasteiger partial charge in [0.2, 0.25) is 0 Å². The maximum Gasteiger partial charge on any atom is 3.00 e. The van der Waals surface area contributed by atoms with Gasteiger partial charge in [-0.15, -0.1) is 0 Å². The Morgan fingerprint density at radius 1 is 0.692 bits per heavy atom. The molecule has 0 spiro atoms. The summed E-state index contributed by atoms with van der Waals surface area (Å²) in [7, 11) is 0. The van der Waals surface area contributed by atoms with Crippen molar-refractivity contribution in [3.63, 3.8) is 0 Å². The summed E-state index contributed by atoms with van der Waals surface area (Å²) in [6.45, 7) is 2.92. The van der Waals surface area contributed by atoms with Crippen molar-refractivity contribution in [2.24, 2.45) is 0 Å². The Bertz CT molecular complexity index is 115. The van der Waals surface area contributed by atoms with Crippen LogP contribution in [-0.4, -0.2) is 17.9 Å². The van der Waals surface area contributed by atoms with Gasteiger partial charge in [0.05, 0.1) is 0 Å². The average Bonchev–Trinajstić information content (AvgIpc) is 1.54. The third-order valence-electron chi connectivity index (χ3n) is 0. The van der Waals surface area contributed by atoms with Crippen molar-refractivity contribution in [2.75, 3.05) is 0 Å². The third-order valence-corrected chi connectivity index (χ3v) is 0. The summed E-state index contributed by atoms with van der Waals surface area (Å²) < 4.78 is 0. The van der Waals surface area contributed by atoms with Gasteiger partial charge in [0.15, 0.2) is 0 Å². The molecule has 0 aliphatic heterocycles. The van der Waals surface area contributed by atoms with Crippen LogP contribution in [-0.2, 0) is 14.4 Å². The molecule has 13 heavy (non-hydrogen) atoms. The van der Waals surface area contributed by atoms with Crippen molar-refractivity contribution < 1.29 is 29.7 Å². The van der Waals surface area contributed by atoms with Gasteiger partial charge in [-0.2, -0.15) is 0 Å².